The maximum Gasteiger partial charge on any atom is 0.231 e. The van der Waals surface area contributed by atoms with Gasteiger partial charge in [0.15, 0.2) is 0 Å². The maximum absolute atomic E-state index is 11.9. The van der Waals surface area contributed by atoms with Crippen LogP contribution < -0.4 is 11.1 Å². The lowest BCUT2D eigenvalue weighted by Crippen LogP contribution is -2.49. The molecule has 0 aliphatic carbocycles. The molecule has 0 aliphatic rings. The number of thioether (sulfide) groups is 1. The standard InChI is InChI=1S/C14H19N3OS/c1-10(2)14(3,9-15)17-13(18)8-19-12-6-4-11(16)5-7-12/h4-7,10H,8,16H2,1-3H3,(H,17,18). The molecule has 1 amide bonds. The Labute approximate surface area is 118 Å². The van der Waals surface area contributed by atoms with E-state index in [4.69, 9.17) is 11.0 Å². The minimum absolute atomic E-state index is 0.0583. The van der Waals surface area contributed by atoms with Gasteiger partial charge in [-0.1, -0.05) is 13.8 Å². The van der Waals surface area contributed by atoms with Crippen LogP contribution in [0, 0.1) is 17.2 Å². The molecule has 102 valence electrons. The van der Waals surface area contributed by atoms with Crippen molar-refractivity contribution >= 4 is 23.4 Å². The first-order valence-electron chi connectivity index (χ1n) is 6.08. The Bertz CT molecular complexity index is 478. The number of anilines is 1. The Morgan fingerprint density at radius 3 is 2.53 bits per heavy atom. The Morgan fingerprint density at radius 1 is 1.47 bits per heavy atom. The fourth-order valence-electron chi connectivity index (χ4n) is 1.34. The molecule has 0 aliphatic heterocycles. The normalized spacial score (nSPS) is 13.6. The predicted octanol–water partition coefficient (Wildman–Crippen LogP) is 2.42. The zero-order valence-corrected chi connectivity index (χ0v) is 12.3. The van der Waals surface area contributed by atoms with Crippen molar-refractivity contribution < 1.29 is 4.79 Å². The van der Waals surface area contributed by atoms with Crippen molar-refractivity contribution in [1.29, 1.82) is 5.26 Å². The summed E-state index contributed by atoms with van der Waals surface area (Å²) in [4.78, 5) is 12.8. The zero-order valence-electron chi connectivity index (χ0n) is 11.4. The van der Waals surface area contributed by atoms with Crippen molar-refractivity contribution in [3.8, 4) is 6.07 Å². The molecule has 0 saturated carbocycles. The number of carbonyl (C=O) groups excluding carboxylic acids is 1. The van der Waals surface area contributed by atoms with Crippen LogP contribution in [0.5, 0.6) is 0 Å². The minimum atomic E-state index is -0.821. The van der Waals surface area contributed by atoms with Crippen molar-refractivity contribution in [2.75, 3.05) is 11.5 Å². The van der Waals surface area contributed by atoms with Gasteiger partial charge < -0.3 is 11.1 Å². The highest BCUT2D eigenvalue weighted by atomic mass is 32.2. The second-order valence-corrected chi connectivity index (χ2v) is 5.92. The van der Waals surface area contributed by atoms with E-state index >= 15 is 0 Å². The highest BCUT2D eigenvalue weighted by Gasteiger charge is 2.29. The number of carbonyl (C=O) groups is 1. The van der Waals surface area contributed by atoms with E-state index in [-0.39, 0.29) is 17.6 Å². The summed E-state index contributed by atoms with van der Waals surface area (Å²) in [6.45, 7) is 5.57. The van der Waals surface area contributed by atoms with E-state index in [1.807, 2.05) is 26.0 Å². The summed E-state index contributed by atoms with van der Waals surface area (Å²) in [6, 6.07) is 9.50. The molecule has 1 rings (SSSR count). The van der Waals surface area contributed by atoms with Gasteiger partial charge in [-0.3, -0.25) is 4.79 Å². The van der Waals surface area contributed by atoms with Gasteiger partial charge in [-0.2, -0.15) is 5.26 Å². The Kier molecular flexibility index (Phi) is 5.25. The quantitative estimate of drug-likeness (QED) is 0.640. The first-order chi connectivity index (χ1) is 8.87. The third-order valence-electron chi connectivity index (χ3n) is 3.04. The molecule has 0 fully saturated rings. The van der Waals surface area contributed by atoms with E-state index in [0.29, 0.717) is 5.69 Å². The van der Waals surface area contributed by atoms with Gasteiger partial charge in [-0.15, -0.1) is 11.8 Å². The van der Waals surface area contributed by atoms with Crippen molar-refractivity contribution in [3.05, 3.63) is 24.3 Å². The van der Waals surface area contributed by atoms with Crippen LogP contribution in [0.15, 0.2) is 29.2 Å². The average molecular weight is 277 g/mol. The third kappa shape index (κ3) is 4.49. The summed E-state index contributed by atoms with van der Waals surface area (Å²) < 4.78 is 0. The molecular formula is C14H19N3OS. The van der Waals surface area contributed by atoms with Crippen molar-refractivity contribution in [3.63, 3.8) is 0 Å². The Hall–Kier alpha value is -1.67. The molecule has 19 heavy (non-hydrogen) atoms. The zero-order chi connectivity index (χ0) is 14.5. The molecule has 0 bridgehead atoms. The maximum atomic E-state index is 11.9. The molecule has 0 saturated heterocycles. The lowest BCUT2D eigenvalue weighted by Gasteiger charge is -2.27. The molecule has 0 radical (unpaired) electrons. The van der Waals surface area contributed by atoms with Gasteiger partial charge >= 0.3 is 0 Å². The fraction of sp³-hybridized carbons (Fsp3) is 0.429. The number of rotatable bonds is 5. The number of hydrogen-bond acceptors (Lipinski definition) is 4. The number of benzene rings is 1. The number of nitrogens with two attached hydrogens (primary N) is 1. The van der Waals surface area contributed by atoms with E-state index in [1.54, 1.807) is 19.1 Å². The number of amides is 1. The van der Waals surface area contributed by atoms with Crippen LogP contribution in [0.3, 0.4) is 0 Å². The van der Waals surface area contributed by atoms with Crippen LogP contribution in [-0.4, -0.2) is 17.2 Å². The van der Waals surface area contributed by atoms with Gasteiger partial charge in [-0.05, 0) is 37.1 Å². The second kappa shape index (κ2) is 6.48. The van der Waals surface area contributed by atoms with Crippen molar-refractivity contribution in [2.24, 2.45) is 5.92 Å². The second-order valence-electron chi connectivity index (χ2n) is 4.87. The summed E-state index contributed by atoms with van der Waals surface area (Å²) in [5.41, 5.74) is 5.47. The van der Waals surface area contributed by atoms with E-state index in [9.17, 15) is 4.79 Å². The van der Waals surface area contributed by atoms with Crippen LogP contribution in [0.25, 0.3) is 0 Å². The van der Waals surface area contributed by atoms with Crippen LogP contribution in [0.1, 0.15) is 20.8 Å². The van der Waals surface area contributed by atoms with Crippen LogP contribution >= 0.6 is 11.8 Å². The molecule has 1 aromatic rings. The third-order valence-corrected chi connectivity index (χ3v) is 4.05. The van der Waals surface area contributed by atoms with Crippen LogP contribution in [-0.2, 0) is 4.79 Å². The summed E-state index contributed by atoms with van der Waals surface area (Å²) >= 11 is 1.42. The highest BCUT2D eigenvalue weighted by Crippen LogP contribution is 2.20. The van der Waals surface area contributed by atoms with Gasteiger partial charge in [0, 0.05) is 10.6 Å². The smallest absolute Gasteiger partial charge is 0.231 e. The number of nitriles is 1. The van der Waals surface area contributed by atoms with E-state index in [2.05, 4.69) is 11.4 Å². The average Bonchev–Trinajstić information content (AvgIpc) is 2.37. The number of nitrogen functional groups attached to an aromatic ring is 1. The van der Waals surface area contributed by atoms with Gasteiger partial charge in [-0.25, -0.2) is 0 Å². The topological polar surface area (TPSA) is 78.9 Å². The summed E-state index contributed by atoms with van der Waals surface area (Å²) in [7, 11) is 0. The summed E-state index contributed by atoms with van der Waals surface area (Å²) in [5, 5.41) is 11.9. The highest BCUT2D eigenvalue weighted by molar-refractivity contribution is 8.00. The lowest BCUT2D eigenvalue weighted by atomic mass is 9.90. The molecule has 3 N–H and O–H groups in total. The largest absolute Gasteiger partial charge is 0.399 e. The van der Waals surface area contributed by atoms with Crippen molar-refractivity contribution in [2.45, 2.75) is 31.2 Å². The molecular weight excluding hydrogens is 258 g/mol. The number of hydrogen-bond donors (Lipinski definition) is 2. The van der Waals surface area contributed by atoms with Gasteiger partial charge in [0.25, 0.3) is 0 Å². The molecule has 0 heterocycles. The molecule has 1 aromatic carbocycles. The van der Waals surface area contributed by atoms with Crippen molar-refractivity contribution in [1.82, 2.24) is 5.32 Å². The minimum Gasteiger partial charge on any atom is -0.399 e. The van der Waals surface area contributed by atoms with Gasteiger partial charge in [0.05, 0.1) is 11.8 Å². The molecule has 5 heteroatoms. The first kappa shape index (κ1) is 15.4. The molecule has 1 atom stereocenters. The molecule has 4 nitrogen and oxygen atoms in total. The summed E-state index contributed by atoms with van der Waals surface area (Å²) in [5.74, 6) is 0.205. The molecule has 0 aromatic heterocycles. The Balaban J connectivity index is 2.53. The van der Waals surface area contributed by atoms with Crippen LogP contribution in [0.2, 0.25) is 0 Å². The fourth-order valence-corrected chi connectivity index (χ4v) is 2.04. The monoisotopic (exact) mass is 277 g/mol. The van der Waals surface area contributed by atoms with E-state index < -0.39 is 5.54 Å². The number of nitrogens with zero attached hydrogens (tertiary/aromatic N) is 1. The number of nitrogens with one attached hydrogen (secondary N) is 1. The predicted molar refractivity (Wildman–Crippen MR) is 78.6 cm³/mol. The van der Waals surface area contributed by atoms with E-state index in [1.165, 1.54) is 11.8 Å². The summed E-state index contributed by atoms with van der Waals surface area (Å²) in [6.07, 6.45) is 0. The SMILES string of the molecule is CC(C)C(C)(C#N)NC(=O)CSc1ccc(N)cc1. The van der Waals surface area contributed by atoms with Crippen LogP contribution in [0.4, 0.5) is 5.69 Å². The molecule has 0 spiro atoms. The van der Waals surface area contributed by atoms with E-state index in [0.717, 1.165) is 4.90 Å². The lowest BCUT2D eigenvalue weighted by molar-refractivity contribution is -0.120. The first-order valence-corrected chi connectivity index (χ1v) is 7.06. The molecule has 1 unspecified atom stereocenters. The Morgan fingerprint density at radius 2 is 2.05 bits per heavy atom. The van der Waals surface area contributed by atoms with Gasteiger partial charge in [0.2, 0.25) is 5.91 Å². The van der Waals surface area contributed by atoms with Gasteiger partial charge in [0.1, 0.15) is 5.54 Å².